The number of para-hydroxylation sites is 1. The molecule has 4 rings (SSSR count). The zero-order valence-electron chi connectivity index (χ0n) is 17.3. The number of hydrogen-bond donors (Lipinski definition) is 0. The highest BCUT2D eigenvalue weighted by Gasteiger charge is 2.25. The Hall–Kier alpha value is -3.21. The molecule has 3 aromatic rings. The maximum absolute atomic E-state index is 5.96. The van der Waals surface area contributed by atoms with E-state index < -0.39 is 0 Å². The molecule has 0 bridgehead atoms. The van der Waals surface area contributed by atoms with Gasteiger partial charge in [0.2, 0.25) is 5.90 Å². The van der Waals surface area contributed by atoms with E-state index in [1.54, 1.807) is 14.2 Å². The molecule has 5 nitrogen and oxygen atoms in total. The van der Waals surface area contributed by atoms with Gasteiger partial charge < -0.3 is 18.8 Å². The molecule has 0 N–H and O–H groups in total. The summed E-state index contributed by atoms with van der Waals surface area (Å²) in [6.45, 7) is 4.98. The lowest BCUT2D eigenvalue weighted by Crippen LogP contribution is -2.13. The van der Waals surface area contributed by atoms with Crippen molar-refractivity contribution in [2.45, 2.75) is 19.9 Å². The summed E-state index contributed by atoms with van der Waals surface area (Å²) in [6.07, 6.45) is 4.10. The highest BCUT2D eigenvalue weighted by Crippen LogP contribution is 2.29. The largest absolute Gasteiger partial charge is 0.493 e. The van der Waals surface area contributed by atoms with Crippen LogP contribution in [0.2, 0.25) is 0 Å². The van der Waals surface area contributed by atoms with Crippen molar-refractivity contribution >= 4 is 29.1 Å². The van der Waals surface area contributed by atoms with Crippen LogP contribution in [0.15, 0.2) is 53.5 Å². The van der Waals surface area contributed by atoms with Crippen molar-refractivity contribution in [3.05, 3.63) is 59.8 Å². The summed E-state index contributed by atoms with van der Waals surface area (Å²) in [5.74, 6) is 2.57. The second-order valence-corrected chi connectivity index (χ2v) is 7.45. The monoisotopic (exact) mass is 390 g/mol. The van der Waals surface area contributed by atoms with Crippen LogP contribution in [0.3, 0.4) is 0 Å². The zero-order valence-corrected chi connectivity index (χ0v) is 17.3. The van der Waals surface area contributed by atoms with E-state index >= 15 is 0 Å². The molecule has 150 valence electrons. The summed E-state index contributed by atoms with van der Waals surface area (Å²) in [5.41, 5.74) is 3.09. The van der Waals surface area contributed by atoms with E-state index in [-0.39, 0.29) is 6.04 Å². The maximum atomic E-state index is 5.96. The number of fused-ring (bicyclic) bond motifs is 1. The summed E-state index contributed by atoms with van der Waals surface area (Å²) in [6, 6.07) is 16.5. The van der Waals surface area contributed by atoms with E-state index in [1.165, 1.54) is 0 Å². The highest BCUT2D eigenvalue weighted by atomic mass is 16.5. The quantitative estimate of drug-likeness (QED) is 0.589. The molecule has 0 radical (unpaired) electrons. The highest BCUT2D eigenvalue weighted by molar-refractivity contribution is 6.01. The van der Waals surface area contributed by atoms with Gasteiger partial charge >= 0.3 is 0 Å². The minimum absolute atomic E-state index is 0.200. The first-order chi connectivity index (χ1) is 14.1. The van der Waals surface area contributed by atoms with Gasteiger partial charge in [-0.1, -0.05) is 38.1 Å². The van der Waals surface area contributed by atoms with Crippen molar-refractivity contribution < 1.29 is 14.2 Å². The third-order valence-corrected chi connectivity index (χ3v) is 5.23. The second-order valence-electron chi connectivity index (χ2n) is 7.45. The second kappa shape index (κ2) is 8.03. The first kappa shape index (κ1) is 19.1. The third kappa shape index (κ3) is 3.73. The standard InChI is InChI=1S/C24H26N2O3/c1-16(2)19-15-29-24(25-19)21-14-18-7-5-6-8-20(18)26(21)12-11-17-9-10-22(27-3)23(13-17)28-4/h5-14,16,19H,15H2,1-4H3/b12-11+/t19-/m1/s1. The van der Waals surface area contributed by atoms with E-state index in [0.29, 0.717) is 29.9 Å². The number of hydrogen-bond acceptors (Lipinski definition) is 4. The Morgan fingerprint density at radius 3 is 2.59 bits per heavy atom. The molecule has 2 heterocycles. The lowest BCUT2D eigenvalue weighted by molar-refractivity contribution is 0.291. The molecule has 1 aromatic heterocycles. The Bertz CT molecular complexity index is 1080. The van der Waals surface area contributed by atoms with E-state index in [4.69, 9.17) is 19.2 Å². The molecule has 1 aliphatic rings. The molecule has 0 saturated heterocycles. The average molecular weight is 390 g/mol. The first-order valence-corrected chi connectivity index (χ1v) is 9.82. The first-order valence-electron chi connectivity index (χ1n) is 9.82. The zero-order chi connectivity index (χ0) is 20.4. The topological polar surface area (TPSA) is 45.0 Å². The molecule has 0 amide bonds. The van der Waals surface area contributed by atoms with Crippen LogP contribution in [0.1, 0.15) is 25.1 Å². The molecule has 1 aliphatic heterocycles. The van der Waals surface area contributed by atoms with Gasteiger partial charge in [0.15, 0.2) is 11.5 Å². The number of benzene rings is 2. The van der Waals surface area contributed by atoms with Crippen LogP contribution in [-0.4, -0.2) is 37.3 Å². The molecular weight excluding hydrogens is 364 g/mol. The summed E-state index contributed by atoms with van der Waals surface area (Å²) in [4.78, 5) is 4.82. The molecule has 0 spiro atoms. The Morgan fingerprint density at radius 2 is 1.86 bits per heavy atom. The number of methoxy groups -OCH3 is 2. The number of aliphatic imine (C=N–C) groups is 1. The van der Waals surface area contributed by atoms with Crippen LogP contribution in [0.25, 0.3) is 23.2 Å². The van der Waals surface area contributed by atoms with Gasteiger partial charge in [-0.3, -0.25) is 0 Å². The third-order valence-electron chi connectivity index (χ3n) is 5.23. The fourth-order valence-corrected chi connectivity index (χ4v) is 3.49. The molecule has 0 saturated carbocycles. The van der Waals surface area contributed by atoms with Crippen LogP contribution in [0.5, 0.6) is 11.5 Å². The number of rotatable bonds is 6. The van der Waals surface area contributed by atoms with Gasteiger partial charge in [0.05, 0.1) is 25.8 Å². The summed E-state index contributed by atoms with van der Waals surface area (Å²) in [7, 11) is 3.28. The molecule has 0 unspecified atom stereocenters. The van der Waals surface area contributed by atoms with Crippen LogP contribution < -0.4 is 9.47 Å². The van der Waals surface area contributed by atoms with Crippen LogP contribution >= 0.6 is 0 Å². The summed E-state index contributed by atoms with van der Waals surface area (Å²) in [5, 5.41) is 1.15. The van der Waals surface area contributed by atoms with Crippen LogP contribution in [0.4, 0.5) is 0 Å². The molecule has 29 heavy (non-hydrogen) atoms. The Labute approximate surface area is 171 Å². The van der Waals surface area contributed by atoms with Gasteiger partial charge in [0.1, 0.15) is 12.3 Å². The van der Waals surface area contributed by atoms with Crippen LogP contribution in [-0.2, 0) is 4.74 Å². The summed E-state index contributed by atoms with van der Waals surface area (Å²) < 4.78 is 18.8. The lowest BCUT2D eigenvalue weighted by atomic mass is 10.1. The average Bonchev–Trinajstić information content (AvgIpc) is 3.37. The molecular formula is C24H26N2O3. The number of nitrogens with zero attached hydrogens (tertiary/aromatic N) is 2. The molecule has 0 fully saturated rings. The molecule has 2 aromatic carbocycles. The molecule has 0 aliphatic carbocycles. The SMILES string of the molecule is COc1ccc(/C=C/n2c(C3=N[C@@H](C(C)C)CO3)cc3ccccc32)cc1OC. The van der Waals surface area contributed by atoms with E-state index in [0.717, 1.165) is 22.2 Å². The van der Waals surface area contributed by atoms with Gasteiger partial charge in [-0.15, -0.1) is 0 Å². The van der Waals surface area contributed by atoms with Gasteiger partial charge in [-0.2, -0.15) is 0 Å². The molecule has 5 heteroatoms. The van der Waals surface area contributed by atoms with Crippen molar-refractivity contribution in [3.8, 4) is 11.5 Å². The molecule has 1 atom stereocenters. The van der Waals surface area contributed by atoms with E-state index in [9.17, 15) is 0 Å². The van der Waals surface area contributed by atoms with E-state index in [2.05, 4.69) is 36.6 Å². The normalized spacial score (nSPS) is 16.4. The van der Waals surface area contributed by atoms with Crippen molar-refractivity contribution in [2.75, 3.05) is 20.8 Å². The smallest absolute Gasteiger partial charge is 0.234 e. The number of ether oxygens (including phenoxy) is 3. The predicted molar refractivity (Wildman–Crippen MR) is 118 cm³/mol. The predicted octanol–water partition coefficient (Wildman–Crippen LogP) is 5.09. The van der Waals surface area contributed by atoms with Gasteiger partial charge in [0, 0.05) is 11.6 Å². The Kier molecular flexibility index (Phi) is 5.30. The minimum Gasteiger partial charge on any atom is -0.493 e. The fourth-order valence-electron chi connectivity index (χ4n) is 3.49. The number of aromatic nitrogens is 1. The lowest BCUT2D eigenvalue weighted by Gasteiger charge is -2.08. The van der Waals surface area contributed by atoms with Crippen molar-refractivity contribution in [3.63, 3.8) is 0 Å². The van der Waals surface area contributed by atoms with Gasteiger partial charge in [-0.05, 0) is 41.8 Å². The van der Waals surface area contributed by atoms with E-state index in [1.807, 2.05) is 42.6 Å². The van der Waals surface area contributed by atoms with Crippen molar-refractivity contribution in [1.29, 1.82) is 0 Å². The Balaban J connectivity index is 1.75. The Morgan fingerprint density at radius 1 is 1.07 bits per heavy atom. The van der Waals surface area contributed by atoms with Gasteiger partial charge in [0.25, 0.3) is 0 Å². The van der Waals surface area contributed by atoms with Crippen molar-refractivity contribution in [2.24, 2.45) is 10.9 Å². The summed E-state index contributed by atoms with van der Waals surface area (Å²) >= 11 is 0. The fraction of sp³-hybridized carbons (Fsp3) is 0.292. The van der Waals surface area contributed by atoms with Crippen molar-refractivity contribution in [1.82, 2.24) is 4.57 Å². The minimum atomic E-state index is 0.200. The van der Waals surface area contributed by atoms with Crippen LogP contribution in [0, 0.1) is 5.92 Å². The van der Waals surface area contributed by atoms with Gasteiger partial charge in [-0.25, -0.2) is 4.99 Å². The maximum Gasteiger partial charge on any atom is 0.234 e.